The zero-order valence-electron chi connectivity index (χ0n) is 11.8. The number of nitrogens with zero attached hydrogens (tertiary/aromatic N) is 2. The van der Waals surface area contributed by atoms with Crippen molar-refractivity contribution in [2.24, 2.45) is 10.9 Å². The van der Waals surface area contributed by atoms with Gasteiger partial charge in [-0.05, 0) is 49.2 Å². The van der Waals surface area contributed by atoms with Crippen molar-refractivity contribution in [3.05, 3.63) is 68.9 Å². The van der Waals surface area contributed by atoms with Gasteiger partial charge in [-0.3, -0.25) is 4.79 Å². The first-order valence-electron chi connectivity index (χ1n) is 6.37. The third-order valence-corrected chi connectivity index (χ3v) is 3.41. The number of benzene rings is 1. The molecule has 0 spiro atoms. The molecule has 0 radical (unpaired) electrons. The Labute approximate surface area is 121 Å². The molecule has 1 aromatic heterocycles. The number of halogens is 1. The highest BCUT2D eigenvalue weighted by Crippen LogP contribution is 2.12. The minimum Gasteiger partial charge on any atom is -0.409 e. The van der Waals surface area contributed by atoms with Crippen molar-refractivity contribution in [1.29, 1.82) is 0 Å². The second-order valence-electron chi connectivity index (χ2n) is 4.84. The van der Waals surface area contributed by atoms with Crippen LogP contribution in [0.2, 0.25) is 0 Å². The first-order chi connectivity index (χ1) is 9.93. The SMILES string of the molecule is Cc1cc(F)ccc1Cn1c(C)ccc(/C(N)=N/O)c1=O. The minimum atomic E-state index is -0.353. The van der Waals surface area contributed by atoms with Crippen LogP contribution in [0.4, 0.5) is 4.39 Å². The van der Waals surface area contributed by atoms with Gasteiger partial charge in [0, 0.05) is 5.69 Å². The van der Waals surface area contributed by atoms with Crippen LogP contribution in [0.15, 0.2) is 40.3 Å². The number of amidine groups is 1. The Kier molecular flexibility index (Phi) is 4.07. The van der Waals surface area contributed by atoms with Gasteiger partial charge in [0.25, 0.3) is 5.56 Å². The normalized spacial score (nSPS) is 11.7. The Morgan fingerprint density at radius 2 is 2.05 bits per heavy atom. The molecule has 3 N–H and O–H groups in total. The number of pyridine rings is 1. The summed E-state index contributed by atoms with van der Waals surface area (Å²) in [6.45, 7) is 3.87. The summed E-state index contributed by atoms with van der Waals surface area (Å²) in [6, 6.07) is 7.65. The lowest BCUT2D eigenvalue weighted by Crippen LogP contribution is -2.31. The first-order valence-corrected chi connectivity index (χ1v) is 6.37. The van der Waals surface area contributed by atoms with E-state index in [-0.39, 0.29) is 22.8 Å². The van der Waals surface area contributed by atoms with Gasteiger partial charge in [-0.25, -0.2) is 4.39 Å². The molecule has 0 unspecified atom stereocenters. The van der Waals surface area contributed by atoms with Gasteiger partial charge in [0.05, 0.1) is 12.1 Å². The van der Waals surface area contributed by atoms with E-state index in [1.807, 2.05) is 0 Å². The predicted molar refractivity (Wildman–Crippen MR) is 78.2 cm³/mol. The van der Waals surface area contributed by atoms with Crippen molar-refractivity contribution >= 4 is 5.84 Å². The molecule has 2 rings (SSSR count). The highest BCUT2D eigenvalue weighted by Gasteiger charge is 2.11. The molecule has 110 valence electrons. The third-order valence-electron chi connectivity index (χ3n) is 3.41. The van der Waals surface area contributed by atoms with Crippen LogP contribution in [0.1, 0.15) is 22.4 Å². The van der Waals surface area contributed by atoms with E-state index in [0.29, 0.717) is 6.54 Å². The number of hydrogen-bond acceptors (Lipinski definition) is 3. The summed E-state index contributed by atoms with van der Waals surface area (Å²) in [4.78, 5) is 12.4. The van der Waals surface area contributed by atoms with Crippen LogP contribution in [-0.2, 0) is 6.54 Å². The van der Waals surface area contributed by atoms with Gasteiger partial charge in [0.15, 0.2) is 5.84 Å². The van der Waals surface area contributed by atoms with Crippen LogP contribution in [0, 0.1) is 19.7 Å². The molecule has 0 saturated carbocycles. The fourth-order valence-electron chi connectivity index (χ4n) is 2.12. The lowest BCUT2D eigenvalue weighted by Gasteiger charge is -2.13. The molecular formula is C15H16FN3O2. The lowest BCUT2D eigenvalue weighted by atomic mass is 10.1. The molecule has 0 bridgehead atoms. The van der Waals surface area contributed by atoms with E-state index < -0.39 is 0 Å². The molecule has 2 aromatic rings. The number of oxime groups is 1. The molecule has 6 heteroatoms. The van der Waals surface area contributed by atoms with E-state index >= 15 is 0 Å². The summed E-state index contributed by atoms with van der Waals surface area (Å²) in [6.07, 6.45) is 0. The Morgan fingerprint density at radius 3 is 2.67 bits per heavy atom. The van der Waals surface area contributed by atoms with Gasteiger partial charge in [-0.15, -0.1) is 0 Å². The van der Waals surface area contributed by atoms with Crippen LogP contribution in [0.25, 0.3) is 0 Å². The van der Waals surface area contributed by atoms with Gasteiger partial charge in [-0.2, -0.15) is 0 Å². The van der Waals surface area contributed by atoms with Crippen molar-refractivity contribution in [3.63, 3.8) is 0 Å². The molecular weight excluding hydrogens is 273 g/mol. The van der Waals surface area contributed by atoms with E-state index in [1.165, 1.54) is 22.8 Å². The predicted octanol–water partition coefficient (Wildman–Crippen LogP) is 1.75. The number of aromatic nitrogens is 1. The fourth-order valence-corrected chi connectivity index (χ4v) is 2.12. The average Bonchev–Trinajstić information content (AvgIpc) is 2.44. The van der Waals surface area contributed by atoms with Crippen molar-refractivity contribution in [3.8, 4) is 0 Å². The van der Waals surface area contributed by atoms with E-state index in [2.05, 4.69) is 5.16 Å². The van der Waals surface area contributed by atoms with Gasteiger partial charge in [-0.1, -0.05) is 11.2 Å². The third kappa shape index (κ3) is 2.94. The molecule has 0 amide bonds. The molecule has 0 saturated heterocycles. The van der Waals surface area contributed by atoms with Crippen LogP contribution < -0.4 is 11.3 Å². The lowest BCUT2D eigenvalue weighted by molar-refractivity contribution is 0.318. The monoisotopic (exact) mass is 289 g/mol. The summed E-state index contributed by atoms with van der Waals surface area (Å²) in [5, 5.41) is 11.6. The van der Waals surface area contributed by atoms with Crippen LogP contribution in [-0.4, -0.2) is 15.6 Å². The van der Waals surface area contributed by atoms with Crippen LogP contribution in [0.5, 0.6) is 0 Å². The zero-order valence-corrected chi connectivity index (χ0v) is 11.8. The smallest absolute Gasteiger partial charge is 0.262 e. The Balaban J connectivity index is 2.51. The van der Waals surface area contributed by atoms with E-state index in [4.69, 9.17) is 10.9 Å². The van der Waals surface area contributed by atoms with Crippen LogP contribution >= 0.6 is 0 Å². The van der Waals surface area contributed by atoms with Gasteiger partial charge >= 0.3 is 0 Å². The largest absolute Gasteiger partial charge is 0.409 e. The molecule has 0 aliphatic carbocycles. The van der Waals surface area contributed by atoms with Crippen LogP contribution in [0.3, 0.4) is 0 Å². The van der Waals surface area contributed by atoms with Crippen molar-refractivity contribution in [2.75, 3.05) is 0 Å². The summed E-state index contributed by atoms with van der Waals surface area (Å²) in [5.74, 6) is -0.546. The summed E-state index contributed by atoms with van der Waals surface area (Å²) in [7, 11) is 0. The van der Waals surface area contributed by atoms with E-state index in [1.54, 1.807) is 26.0 Å². The Morgan fingerprint density at radius 1 is 1.33 bits per heavy atom. The molecule has 5 nitrogen and oxygen atoms in total. The molecule has 0 aliphatic rings. The summed E-state index contributed by atoms with van der Waals surface area (Å²) >= 11 is 0. The summed E-state index contributed by atoms with van der Waals surface area (Å²) in [5.41, 5.74) is 7.60. The highest BCUT2D eigenvalue weighted by molar-refractivity contribution is 5.96. The second kappa shape index (κ2) is 5.78. The van der Waals surface area contributed by atoms with Gasteiger partial charge < -0.3 is 15.5 Å². The number of nitrogens with two attached hydrogens (primary N) is 1. The maximum Gasteiger partial charge on any atom is 0.262 e. The van der Waals surface area contributed by atoms with Gasteiger partial charge in [0.2, 0.25) is 0 Å². The molecule has 21 heavy (non-hydrogen) atoms. The van der Waals surface area contributed by atoms with Crippen molar-refractivity contribution < 1.29 is 9.60 Å². The standard InChI is InChI=1S/C15H16FN3O2/c1-9-7-12(16)5-4-11(9)8-19-10(2)3-6-13(15(19)20)14(17)18-21/h3-7,21H,8H2,1-2H3,(H2,17,18). The summed E-state index contributed by atoms with van der Waals surface area (Å²) < 4.78 is 14.6. The maximum absolute atomic E-state index is 13.1. The number of hydrogen-bond donors (Lipinski definition) is 2. The number of aryl methyl sites for hydroxylation is 2. The highest BCUT2D eigenvalue weighted by atomic mass is 19.1. The quantitative estimate of drug-likeness (QED) is 0.391. The Bertz CT molecular complexity index is 766. The molecule has 0 atom stereocenters. The minimum absolute atomic E-state index is 0.128. The number of rotatable bonds is 3. The van der Waals surface area contributed by atoms with Gasteiger partial charge in [0.1, 0.15) is 5.82 Å². The zero-order chi connectivity index (χ0) is 15.6. The fraction of sp³-hybridized carbons (Fsp3) is 0.200. The molecule has 0 aliphatic heterocycles. The maximum atomic E-state index is 13.1. The Hall–Kier alpha value is -2.63. The first kappa shape index (κ1) is 14.8. The topological polar surface area (TPSA) is 80.6 Å². The molecule has 0 fully saturated rings. The van der Waals surface area contributed by atoms with E-state index in [0.717, 1.165) is 16.8 Å². The average molecular weight is 289 g/mol. The molecule has 1 heterocycles. The second-order valence-corrected chi connectivity index (χ2v) is 4.84. The van der Waals surface area contributed by atoms with Crippen molar-refractivity contribution in [1.82, 2.24) is 4.57 Å². The van der Waals surface area contributed by atoms with E-state index in [9.17, 15) is 9.18 Å². The molecule has 1 aromatic carbocycles. The van der Waals surface area contributed by atoms with Crippen molar-refractivity contribution in [2.45, 2.75) is 20.4 Å².